The number of hydrogen-bond donors (Lipinski definition) is 2. The van der Waals surface area contributed by atoms with E-state index in [1.807, 2.05) is 36.4 Å². The number of aliphatic hydroxyl groups is 2. The van der Waals surface area contributed by atoms with E-state index < -0.39 is 24.1 Å². The molecule has 4 aromatic carbocycles. The van der Waals surface area contributed by atoms with E-state index in [0.717, 1.165) is 10.8 Å². The first-order chi connectivity index (χ1) is 14.5. The maximum absolute atomic E-state index is 12.3. The number of rotatable bonds is 5. The van der Waals surface area contributed by atoms with Crippen LogP contribution in [0.5, 0.6) is 11.5 Å². The molecule has 2 N–H and O–H groups in total. The molecule has 0 saturated carbocycles. The smallest absolute Gasteiger partial charge is 0.343 e. The van der Waals surface area contributed by atoms with Crippen LogP contribution in [0.1, 0.15) is 0 Å². The summed E-state index contributed by atoms with van der Waals surface area (Å²) < 4.78 is 10.4. The summed E-state index contributed by atoms with van der Waals surface area (Å²) in [5.41, 5.74) is 0. The third-order valence-electron chi connectivity index (χ3n) is 4.70. The Labute approximate surface area is 171 Å². The quantitative estimate of drug-likeness (QED) is 0.393. The number of fused-ring (bicyclic) bond motifs is 2. The number of aliphatic hydroxyl groups excluding tert-OH is 2. The number of hydrogen-bond acceptors (Lipinski definition) is 6. The molecule has 4 aromatic rings. The lowest BCUT2D eigenvalue weighted by Crippen LogP contribution is -2.43. The fraction of sp³-hybridized carbons (Fsp3) is 0.0833. The van der Waals surface area contributed by atoms with Gasteiger partial charge in [-0.1, -0.05) is 72.8 Å². The van der Waals surface area contributed by atoms with Crippen LogP contribution in [0.4, 0.5) is 0 Å². The van der Waals surface area contributed by atoms with Gasteiger partial charge in [-0.05, 0) is 22.9 Å². The van der Waals surface area contributed by atoms with Crippen molar-refractivity contribution >= 4 is 33.5 Å². The van der Waals surface area contributed by atoms with Crippen molar-refractivity contribution in [3.63, 3.8) is 0 Å². The van der Waals surface area contributed by atoms with Crippen molar-refractivity contribution in [2.45, 2.75) is 12.2 Å². The van der Waals surface area contributed by atoms with Crippen LogP contribution in [-0.4, -0.2) is 34.4 Å². The van der Waals surface area contributed by atoms with Gasteiger partial charge < -0.3 is 19.7 Å². The Kier molecular flexibility index (Phi) is 5.43. The van der Waals surface area contributed by atoms with Gasteiger partial charge in [-0.25, -0.2) is 9.59 Å². The van der Waals surface area contributed by atoms with Crippen molar-refractivity contribution in [1.82, 2.24) is 0 Å². The Balaban J connectivity index is 1.49. The first-order valence-corrected chi connectivity index (χ1v) is 9.29. The van der Waals surface area contributed by atoms with Crippen LogP contribution >= 0.6 is 0 Å². The molecule has 0 bridgehead atoms. The van der Waals surface area contributed by atoms with E-state index in [2.05, 4.69) is 0 Å². The summed E-state index contributed by atoms with van der Waals surface area (Å²) in [6.45, 7) is 0. The van der Waals surface area contributed by atoms with Crippen LogP contribution in [0.3, 0.4) is 0 Å². The van der Waals surface area contributed by atoms with Gasteiger partial charge in [0.1, 0.15) is 11.5 Å². The summed E-state index contributed by atoms with van der Waals surface area (Å²) in [7, 11) is 0. The van der Waals surface area contributed by atoms with Gasteiger partial charge >= 0.3 is 11.9 Å². The molecule has 4 rings (SSSR count). The van der Waals surface area contributed by atoms with Gasteiger partial charge in [0, 0.05) is 10.8 Å². The fourth-order valence-electron chi connectivity index (χ4n) is 3.16. The maximum Gasteiger partial charge on any atom is 0.343 e. The average molecular weight is 402 g/mol. The van der Waals surface area contributed by atoms with Crippen LogP contribution in [0.25, 0.3) is 21.5 Å². The molecular weight excluding hydrogens is 384 g/mol. The summed E-state index contributed by atoms with van der Waals surface area (Å²) >= 11 is 0. The van der Waals surface area contributed by atoms with Gasteiger partial charge in [0.05, 0.1) is 0 Å². The molecule has 0 aliphatic rings. The molecule has 0 aliphatic carbocycles. The second-order valence-electron chi connectivity index (χ2n) is 6.69. The van der Waals surface area contributed by atoms with E-state index >= 15 is 0 Å². The van der Waals surface area contributed by atoms with Gasteiger partial charge in [0.25, 0.3) is 0 Å². The molecule has 6 heteroatoms. The Morgan fingerprint density at radius 1 is 0.567 bits per heavy atom. The van der Waals surface area contributed by atoms with Crippen LogP contribution in [0, 0.1) is 0 Å². The maximum atomic E-state index is 12.3. The number of esters is 2. The number of carbonyl (C=O) groups excluding carboxylic acids is 2. The molecule has 2 unspecified atom stereocenters. The fourth-order valence-corrected chi connectivity index (χ4v) is 3.16. The topological polar surface area (TPSA) is 93.1 Å². The van der Waals surface area contributed by atoms with E-state index in [1.165, 1.54) is 0 Å². The van der Waals surface area contributed by atoms with Crippen molar-refractivity contribution in [2.75, 3.05) is 0 Å². The highest BCUT2D eigenvalue weighted by molar-refractivity contribution is 5.94. The predicted molar refractivity (Wildman–Crippen MR) is 111 cm³/mol. The Hall–Kier alpha value is -3.74. The minimum atomic E-state index is -2.11. The Morgan fingerprint density at radius 3 is 1.37 bits per heavy atom. The zero-order valence-corrected chi connectivity index (χ0v) is 15.8. The van der Waals surface area contributed by atoms with Crippen LogP contribution in [-0.2, 0) is 9.59 Å². The minimum Gasteiger partial charge on any atom is -0.424 e. The summed E-state index contributed by atoms with van der Waals surface area (Å²) in [5, 5.41) is 23.3. The van der Waals surface area contributed by atoms with Crippen molar-refractivity contribution in [3.8, 4) is 11.5 Å². The second-order valence-corrected chi connectivity index (χ2v) is 6.69. The van der Waals surface area contributed by atoms with Gasteiger partial charge in [-0.15, -0.1) is 0 Å². The number of carbonyl (C=O) groups is 2. The highest BCUT2D eigenvalue weighted by atomic mass is 16.6. The van der Waals surface area contributed by atoms with Crippen molar-refractivity contribution in [1.29, 1.82) is 0 Å². The summed E-state index contributed by atoms with van der Waals surface area (Å²) in [5.74, 6) is -1.89. The molecule has 0 saturated heterocycles. The Bertz CT molecular complexity index is 1120. The predicted octanol–water partition coefficient (Wildman–Crippen LogP) is 3.23. The van der Waals surface area contributed by atoms with E-state index in [-0.39, 0.29) is 11.5 Å². The van der Waals surface area contributed by atoms with Crippen LogP contribution in [0.15, 0.2) is 84.9 Å². The van der Waals surface area contributed by atoms with E-state index in [9.17, 15) is 19.8 Å². The molecular formula is C24H18O6. The zero-order valence-electron chi connectivity index (χ0n) is 15.8. The first-order valence-electron chi connectivity index (χ1n) is 9.29. The summed E-state index contributed by atoms with van der Waals surface area (Å²) in [6.07, 6.45) is -4.21. The molecule has 0 spiro atoms. The molecule has 150 valence electrons. The lowest BCUT2D eigenvalue weighted by atomic mass is 10.1. The minimum absolute atomic E-state index is 0.215. The van der Waals surface area contributed by atoms with Crippen molar-refractivity contribution in [3.05, 3.63) is 84.9 Å². The monoisotopic (exact) mass is 402 g/mol. The third kappa shape index (κ3) is 3.87. The highest BCUT2D eigenvalue weighted by Crippen LogP contribution is 2.27. The summed E-state index contributed by atoms with van der Waals surface area (Å²) in [4.78, 5) is 24.7. The standard InChI is InChI=1S/C24H18O6/c25-21(23(27)29-19-13-5-9-15-7-1-3-11-17(15)19)22(26)24(28)30-20-14-6-10-16-8-2-4-12-18(16)20/h1-14,21-22,25-26H. The molecule has 30 heavy (non-hydrogen) atoms. The second kappa shape index (κ2) is 8.32. The molecule has 0 heterocycles. The average Bonchev–Trinajstić information content (AvgIpc) is 2.78. The molecule has 0 fully saturated rings. The molecule has 0 aromatic heterocycles. The van der Waals surface area contributed by atoms with Crippen LogP contribution in [0.2, 0.25) is 0 Å². The molecule has 0 amide bonds. The molecule has 0 aliphatic heterocycles. The van der Waals surface area contributed by atoms with E-state index in [4.69, 9.17) is 9.47 Å². The zero-order chi connectivity index (χ0) is 21.1. The summed E-state index contributed by atoms with van der Waals surface area (Å²) in [6, 6.07) is 24.7. The first kappa shape index (κ1) is 19.6. The SMILES string of the molecule is O=C(Oc1cccc2ccccc12)C(O)C(O)C(=O)Oc1cccc2ccccc12. The number of ether oxygens (including phenoxy) is 2. The Morgan fingerprint density at radius 2 is 0.933 bits per heavy atom. The third-order valence-corrected chi connectivity index (χ3v) is 4.70. The van der Waals surface area contributed by atoms with Crippen LogP contribution < -0.4 is 9.47 Å². The van der Waals surface area contributed by atoms with E-state index in [0.29, 0.717) is 10.8 Å². The van der Waals surface area contributed by atoms with Gasteiger partial charge in [0.15, 0.2) is 12.2 Å². The molecule has 6 nitrogen and oxygen atoms in total. The van der Waals surface area contributed by atoms with Crippen molar-refractivity contribution in [2.24, 2.45) is 0 Å². The lowest BCUT2D eigenvalue weighted by molar-refractivity contribution is -0.162. The van der Waals surface area contributed by atoms with Gasteiger partial charge in [-0.2, -0.15) is 0 Å². The van der Waals surface area contributed by atoms with Crippen molar-refractivity contribution < 1.29 is 29.3 Å². The van der Waals surface area contributed by atoms with Gasteiger partial charge in [0.2, 0.25) is 0 Å². The molecule has 2 atom stereocenters. The largest absolute Gasteiger partial charge is 0.424 e. The van der Waals surface area contributed by atoms with Gasteiger partial charge in [-0.3, -0.25) is 0 Å². The lowest BCUT2D eigenvalue weighted by Gasteiger charge is -2.17. The van der Waals surface area contributed by atoms with E-state index in [1.54, 1.807) is 48.5 Å². The number of benzene rings is 4. The molecule has 0 radical (unpaired) electrons. The highest BCUT2D eigenvalue weighted by Gasteiger charge is 2.34. The normalized spacial score (nSPS) is 13.0.